The van der Waals surface area contributed by atoms with Crippen LogP contribution < -0.4 is 5.32 Å². The number of hydrogen-bond donors (Lipinski definition) is 1. The third-order valence-corrected chi connectivity index (χ3v) is 3.60. The van der Waals surface area contributed by atoms with Crippen LogP contribution >= 0.6 is 0 Å². The Morgan fingerprint density at radius 3 is 2.43 bits per heavy atom. The van der Waals surface area contributed by atoms with Crippen LogP contribution in [0.3, 0.4) is 0 Å². The fourth-order valence-electron chi connectivity index (χ4n) is 2.44. The monoisotopic (exact) mass is 379 g/mol. The van der Waals surface area contributed by atoms with E-state index in [1.54, 1.807) is 45.9 Å². The van der Waals surface area contributed by atoms with E-state index < -0.39 is 17.5 Å². The lowest BCUT2D eigenvalue weighted by Gasteiger charge is -2.19. The van der Waals surface area contributed by atoms with Crippen LogP contribution in [-0.4, -0.2) is 37.2 Å². The highest BCUT2D eigenvalue weighted by Crippen LogP contribution is 2.18. The Morgan fingerprint density at radius 2 is 1.79 bits per heavy atom. The number of rotatable bonds is 4. The van der Waals surface area contributed by atoms with E-state index in [-0.39, 0.29) is 11.4 Å². The molecule has 1 N–H and O–H groups in total. The standard InChI is InChI=1S/C20H21N5O3/c1-13-10-17(22-12-21-13)23-18(26)15-11-16(19(27)28-20(2,3)4)25(24-15)14-8-6-5-7-9-14/h5-12H,1-4H3,(H,21,22,23,26). The predicted octanol–water partition coefficient (Wildman–Crippen LogP) is 3.18. The Morgan fingerprint density at radius 1 is 1.07 bits per heavy atom. The number of aryl methyl sites for hydroxylation is 1. The second-order valence-corrected chi connectivity index (χ2v) is 7.16. The summed E-state index contributed by atoms with van der Waals surface area (Å²) in [4.78, 5) is 33.3. The minimum atomic E-state index is -0.677. The summed E-state index contributed by atoms with van der Waals surface area (Å²) in [5.74, 6) is -0.705. The molecule has 2 aromatic heterocycles. The van der Waals surface area contributed by atoms with Gasteiger partial charge in [0, 0.05) is 17.8 Å². The average molecular weight is 379 g/mol. The Hall–Kier alpha value is -3.55. The number of hydrogen-bond acceptors (Lipinski definition) is 6. The van der Waals surface area contributed by atoms with Gasteiger partial charge in [-0.15, -0.1) is 0 Å². The van der Waals surface area contributed by atoms with Crippen LogP contribution in [0.5, 0.6) is 0 Å². The van der Waals surface area contributed by atoms with Gasteiger partial charge >= 0.3 is 5.97 Å². The van der Waals surface area contributed by atoms with Gasteiger partial charge in [0.05, 0.1) is 5.69 Å². The summed E-state index contributed by atoms with van der Waals surface area (Å²) in [6.45, 7) is 7.12. The van der Waals surface area contributed by atoms with Crippen LogP contribution in [0.4, 0.5) is 5.82 Å². The molecule has 0 fully saturated rings. The lowest BCUT2D eigenvalue weighted by Crippen LogP contribution is -2.25. The SMILES string of the molecule is Cc1cc(NC(=O)c2cc(C(=O)OC(C)(C)C)n(-c3ccccc3)n2)ncn1. The highest BCUT2D eigenvalue weighted by molar-refractivity contribution is 6.04. The van der Waals surface area contributed by atoms with Gasteiger partial charge in [-0.25, -0.2) is 19.4 Å². The van der Waals surface area contributed by atoms with Gasteiger partial charge < -0.3 is 10.1 Å². The third kappa shape index (κ3) is 4.59. The first-order chi connectivity index (χ1) is 13.2. The first-order valence-electron chi connectivity index (χ1n) is 8.72. The Bertz CT molecular complexity index is 1010. The lowest BCUT2D eigenvalue weighted by molar-refractivity contribution is 0.00593. The van der Waals surface area contributed by atoms with Crippen molar-refractivity contribution in [1.82, 2.24) is 19.7 Å². The van der Waals surface area contributed by atoms with E-state index in [0.717, 1.165) is 5.69 Å². The van der Waals surface area contributed by atoms with E-state index in [0.29, 0.717) is 11.5 Å². The summed E-state index contributed by atoms with van der Waals surface area (Å²) in [5.41, 5.74) is 0.907. The number of amides is 1. The van der Waals surface area contributed by atoms with Crippen molar-refractivity contribution in [3.8, 4) is 5.69 Å². The number of nitrogens with zero attached hydrogens (tertiary/aromatic N) is 4. The minimum Gasteiger partial charge on any atom is -0.455 e. The van der Waals surface area contributed by atoms with Gasteiger partial charge in [0.25, 0.3) is 5.91 Å². The maximum atomic E-state index is 12.7. The molecule has 0 radical (unpaired) electrons. The summed E-state index contributed by atoms with van der Waals surface area (Å²) >= 11 is 0. The molecule has 0 aliphatic rings. The van der Waals surface area contributed by atoms with Gasteiger partial charge in [0.15, 0.2) is 11.4 Å². The average Bonchev–Trinajstić information content (AvgIpc) is 3.07. The van der Waals surface area contributed by atoms with Gasteiger partial charge in [-0.3, -0.25) is 4.79 Å². The molecule has 0 bridgehead atoms. The minimum absolute atomic E-state index is 0.0703. The van der Waals surface area contributed by atoms with Gasteiger partial charge in [-0.1, -0.05) is 18.2 Å². The van der Waals surface area contributed by atoms with Crippen molar-refractivity contribution in [3.05, 3.63) is 65.9 Å². The first-order valence-corrected chi connectivity index (χ1v) is 8.72. The largest absolute Gasteiger partial charge is 0.455 e. The Kier molecular flexibility index (Phi) is 5.21. The highest BCUT2D eigenvalue weighted by atomic mass is 16.6. The normalized spacial score (nSPS) is 11.1. The molecule has 0 saturated carbocycles. The van der Waals surface area contributed by atoms with E-state index in [1.165, 1.54) is 17.1 Å². The second kappa shape index (κ2) is 7.59. The lowest BCUT2D eigenvalue weighted by atomic mass is 10.2. The van der Waals surface area contributed by atoms with Crippen molar-refractivity contribution in [2.24, 2.45) is 0 Å². The molecule has 0 aliphatic carbocycles. The number of benzene rings is 1. The molecule has 8 heteroatoms. The first kappa shape index (κ1) is 19.2. The number of para-hydroxylation sites is 1. The number of carbonyl (C=O) groups is 2. The number of aromatic nitrogens is 4. The molecule has 28 heavy (non-hydrogen) atoms. The summed E-state index contributed by atoms with van der Waals surface area (Å²) < 4.78 is 6.86. The summed E-state index contributed by atoms with van der Waals surface area (Å²) in [6.07, 6.45) is 1.36. The van der Waals surface area contributed by atoms with Crippen LogP contribution in [0.1, 0.15) is 47.4 Å². The molecule has 2 heterocycles. The fraction of sp³-hybridized carbons (Fsp3) is 0.250. The van der Waals surface area contributed by atoms with E-state index >= 15 is 0 Å². The second-order valence-electron chi connectivity index (χ2n) is 7.16. The van der Waals surface area contributed by atoms with Crippen LogP contribution in [0.25, 0.3) is 5.69 Å². The van der Waals surface area contributed by atoms with Crippen molar-refractivity contribution in [2.45, 2.75) is 33.3 Å². The van der Waals surface area contributed by atoms with Crippen LogP contribution in [0.15, 0.2) is 48.8 Å². The summed E-state index contributed by atoms with van der Waals surface area (Å²) in [6, 6.07) is 12.1. The van der Waals surface area contributed by atoms with Crippen molar-refractivity contribution in [2.75, 3.05) is 5.32 Å². The van der Waals surface area contributed by atoms with Gasteiger partial charge in [-0.2, -0.15) is 5.10 Å². The molecule has 0 atom stereocenters. The summed E-state index contributed by atoms with van der Waals surface area (Å²) in [7, 11) is 0. The van der Waals surface area contributed by atoms with Gasteiger partial charge in [0.2, 0.25) is 0 Å². The van der Waals surface area contributed by atoms with E-state index in [9.17, 15) is 9.59 Å². The molecular weight excluding hydrogens is 358 g/mol. The molecule has 144 valence electrons. The fourth-order valence-corrected chi connectivity index (χ4v) is 2.44. The zero-order valence-electron chi connectivity index (χ0n) is 16.1. The molecule has 3 rings (SSSR count). The number of anilines is 1. The topological polar surface area (TPSA) is 99.0 Å². The molecule has 3 aromatic rings. The van der Waals surface area contributed by atoms with Crippen molar-refractivity contribution in [1.29, 1.82) is 0 Å². The van der Waals surface area contributed by atoms with E-state index in [4.69, 9.17) is 4.74 Å². The maximum absolute atomic E-state index is 12.7. The molecule has 1 amide bonds. The molecule has 0 spiro atoms. The molecule has 0 saturated heterocycles. The molecule has 1 aromatic carbocycles. The molecule has 0 aliphatic heterocycles. The summed E-state index contributed by atoms with van der Waals surface area (Å²) in [5, 5.41) is 6.97. The van der Waals surface area contributed by atoms with Gasteiger partial charge in [-0.05, 0) is 39.8 Å². The molecule has 0 unspecified atom stereocenters. The maximum Gasteiger partial charge on any atom is 0.357 e. The van der Waals surface area contributed by atoms with Crippen molar-refractivity contribution in [3.63, 3.8) is 0 Å². The quantitative estimate of drug-likeness (QED) is 0.699. The highest BCUT2D eigenvalue weighted by Gasteiger charge is 2.25. The predicted molar refractivity (Wildman–Crippen MR) is 103 cm³/mol. The van der Waals surface area contributed by atoms with Crippen LogP contribution in [-0.2, 0) is 4.74 Å². The number of esters is 1. The third-order valence-electron chi connectivity index (χ3n) is 3.60. The Labute approximate surface area is 162 Å². The molecule has 8 nitrogen and oxygen atoms in total. The number of ether oxygens (including phenoxy) is 1. The van der Waals surface area contributed by atoms with Gasteiger partial charge in [0.1, 0.15) is 17.7 Å². The molecular formula is C20H21N5O3. The number of nitrogens with one attached hydrogen (secondary N) is 1. The smallest absolute Gasteiger partial charge is 0.357 e. The Balaban J connectivity index is 1.96. The van der Waals surface area contributed by atoms with Crippen molar-refractivity contribution < 1.29 is 14.3 Å². The van der Waals surface area contributed by atoms with Crippen LogP contribution in [0, 0.1) is 6.92 Å². The van der Waals surface area contributed by atoms with E-state index in [1.807, 2.05) is 18.2 Å². The van der Waals surface area contributed by atoms with E-state index in [2.05, 4.69) is 20.4 Å². The zero-order valence-corrected chi connectivity index (χ0v) is 16.1. The van der Waals surface area contributed by atoms with Crippen molar-refractivity contribution >= 4 is 17.7 Å². The van der Waals surface area contributed by atoms with Crippen LogP contribution in [0.2, 0.25) is 0 Å². The number of carbonyl (C=O) groups excluding carboxylic acids is 2. The zero-order chi connectivity index (χ0) is 20.3.